The lowest BCUT2D eigenvalue weighted by Gasteiger charge is -2.03. The Balaban J connectivity index is 1.86. The fourth-order valence-corrected chi connectivity index (χ4v) is 1.59. The molecule has 0 saturated carbocycles. The van der Waals surface area contributed by atoms with Crippen molar-refractivity contribution >= 4 is 12.0 Å². The topological polar surface area (TPSA) is 46.5 Å². The molecule has 2 aromatic carbocycles. The molecule has 0 unspecified atom stereocenters. The second kappa shape index (κ2) is 6.40. The summed E-state index contributed by atoms with van der Waals surface area (Å²) in [6, 6.07) is 16.3. The van der Waals surface area contributed by atoms with Crippen LogP contribution in [-0.4, -0.2) is 17.7 Å². The van der Waals surface area contributed by atoms with E-state index in [9.17, 15) is 4.79 Å². The number of hydrogen-bond donors (Lipinski definition) is 1. The Kier molecular flexibility index (Phi) is 4.34. The van der Waals surface area contributed by atoms with Gasteiger partial charge in [-0.15, -0.1) is 0 Å². The van der Waals surface area contributed by atoms with E-state index < -0.39 is 5.97 Å². The van der Waals surface area contributed by atoms with Crippen LogP contribution in [0.1, 0.15) is 15.9 Å². The van der Waals surface area contributed by atoms with Crippen LogP contribution in [0, 0.1) is 0 Å². The summed E-state index contributed by atoms with van der Waals surface area (Å²) in [5.74, 6) is -0.279. The summed E-state index contributed by atoms with van der Waals surface area (Å²) in [5, 5.41) is 8.76. The predicted octanol–water partition coefficient (Wildman–Crippen LogP) is 3.48. The van der Waals surface area contributed by atoms with Crippen LogP contribution in [-0.2, 0) is 0 Å². The molecule has 0 aromatic heterocycles. The molecule has 2 rings (SSSR count). The van der Waals surface area contributed by atoms with Crippen molar-refractivity contribution in [2.24, 2.45) is 0 Å². The van der Waals surface area contributed by atoms with Crippen molar-refractivity contribution in [2.75, 3.05) is 6.61 Å². The van der Waals surface area contributed by atoms with Crippen molar-refractivity contribution < 1.29 is 14.6 Å². The third kappa shape index (κ3) is 4.00. The molecule has 2 aromatic rings. The summed E-state index contributed by atoms with van der Waals surface area (Å²) in [7, 11) is 0. The zero-order chi connectivity index (χ0) is 13.5. The number of hydrogen-bond acceptors (Lipinski definition) is 2. The van der Waals surface area contributed by atoms with Gasteiger partial charge >= 0.3 is 5.97 Å². The molecule has 3 heteroatoms. The van der Waals surface area contributed by atoms with Crippen LogP contribution < -0.4 is 4.74 Å². The number of carboxylic acids is 1. The average molecular weight is 254 g/mol. The second-order valence-electron chi connectivity index (χ2n) is 3.95. The Labute approximate surface area is 111 Å². The quantitative estimate of drug-likeness (QED) is 0.888. The summed E-state index contributed by atoms with van der Waals surface area (Å²) >= 11 is 0. The van der Waals surface area contributed by atoms with Crippen molar-refractivity contribution in [3.63, 3.8) is 0 Å². The highest BCUT2D eigenvalue weighted by Crippen LogP contribution is 2.12. The van der Waals surface area contributed by atoms with Gasteiger partial charge in [-0.1, -0.05) is 36.4 Å². The largest absolute Gasteiger partial charge is 0.490 e. The van der Waals surface area contributed by atoms with Gasteiger partial charge in [0.1, 0.15) is 12.4 Å². The van der Waals surface area contributed by atoms with E-state index in [0.29, 0.717) is 12.4 Å². The molecule has 0 aliphatic rings. The van der Waals surface area contributed by atoms with Gasteiger partial charge in [-0.05, 0) is 35.9 Å². The normalized spacial score (nSPS) is 10.5. The number of carboxylic acid groups (broad SMARTS) is 1. The molecule has 1 N–H and O–H groups in total. The lowest BCUT2D eigenvalue weighted by atomic mass is 10.2. The van der Waals surface area contributed by atoms with Gasteiger partial charge in [0.2, 0.25) is 0 Å². The molecule has 0 heterocycles. The zero-order valence-electron chi connectivity index (χ0n) is 10.3. The number of benzene rings is 2. The van der Waals surface area contributed by atoms with Gasteiger partial charge in [0, 0.05) is 0 Å². The first-order valence-electron chi connectivity index (χ1n) is 5.93. The summed E-state index contributed by atoms with van der Waals surface area (Å²) in [6.07, 6.45) is 3.89. The number of ether oxygens (including phenoxy) is 1. The zero-order valence-corrected chi connectivity index (χ0v) is 10.3. The molecule has 0 bridgehead atoms. The molecule has 3 nitrogen and oxygen atoms in total. The SMILES string of the molecule is O=C(O)c1ccc(OC/C=C/c2ccccc2)cc1. The van der Waals surface area contributed by atoms with Crippen LogP contribution in [0.3, 0.4) is 0 Å². The maximum Gasteiger partial charge on any atom is 0.335 e. The minimum atomic E-state index is -0.935. The molecule has 0 atom stereocenters. The minimum absolute atomic E-state index is 0.257. The highest BCUT2D eigenvalue weighted by Gasteiger charge is 2.01. The summed E-state index contributed by atoms with van der Waals surface area (Å²) in [6.45, 7) is 0.446. The average Bonchev–Trinajstić information content (AvgIpc) is 2.45. The van der Waals surface area contributed by atoms with E-state index in [1.54, 1.807) is 12.1 Å². The number of aromatic carboxylic acids is 1. The molecule has 0 radical (unpaired) electrons. The number of rotatable bonds is 5. The molecule has 0 amide bonds. The smallest absolute Gasteiger partial charge is 0.335 e. The molecule has 0 aliphatic heterocycles. The van der Waals surface area contributed by atoms with Crippen LogP contribution in [0.15, 0.2) is 60.7 Å². The van der Waals surface area contributed by atoms with E-state index in [0.717, 1.165) is 5.56 Å². The number of carbonyl (C=O) groups is 1. The van der Waals surface area contributed by atoms with Crippen molar-refractivity contribution in [1.29, 1.82) is 0 Å². The second-order valence-corrected chi connectivity index (χ2v) is 3.95. The Morgan fingerprint density at radius 2 is 1.74 bits per heavy atom. The van der Waals surface area contributed by atoms with E-state index >= 15 is 0 Å². The van der Waals surface area contributed by atoms with Crippen LogP contribution in [0.25, 0.3) is 6.08 Å². The third-order valence-electron chi connectivity index (χ3n) is 2.56. The van der Waals surface area contributed by atoms with Crippen molar-refractivity contribution in [3.05, 3.63) is 71.8 Å². The molecule has 0 aliphatic carbocycles. The third-order valence-corrected chi connectivity index (χ3v) is 2.56. The van der Waals surface area contributed by atoms with Gasteiger partial charge in [-0.3, -0.25) is 0 Å². The highest BCUT2D eigenvalue weighted by atomic mass is 16.5. The minimum Gasteiger partial charge on any atom is -0.490 e. The molecule has 0 fully saturated rings. The summed E-state index contributed by atoms with van der Waals surface area (Å²) < 4.78 is 5.48. The first kappa shape index (κ1) is 12.9. The van der Waals surface area contributed by atoms with Gasteiger partial charge in [0.05, 0.1) is 5.56 Å². The van der Waals surface area contributed by atoms with Gasteiger partial charge in [-0.25, -0.2) is 4.79 Å². The Morgan fingerprint density at radius 1 is 1.05 bits per heavy atom. The van der Waals surface area contributed by atoms with Crippen LogP contribution in [0.5, 0.6) is 5.75 Å². The van der Waals surface area contributed by atoms with Crippen molar-refractivity contribution in [1.82, 2.24) is 0 Å². The Bertz CT molecular complexity index is 556. The van der Waals surface area contributed by atoms with E-state index in [-0.39, 0.29) is 5.56 Å². The van der Waals surface area contributed by atoms with Crippen LogP contribution in [0.4, 0.5) is 0 Å². The standard InChI is InChI=1S/C16H14O3/c17-16(18)14-8-10-15(11-9-14)19-12-4-7-13-5-2-1-3-6-13/h1-11H,12H2,(H,17,18)/b7-4+. The van der Waals surface area contributed by atoms with Gasteiger partial charge in [-0.2, -0.15) is 0 Å². The monoisotopic (exact) mass is 254 g/mol. The summed E-state index contributed by atoms with van der Waals surface area (Å²) in [5.41, 5.74) is 1.37. The van der Waals surface area contributed by atoms with E-state index in [4.69, 9.17) is 9.84 Å². The van der Waals surface area contributed by atoms with E-state index in [1.807, 2.05) is 42.5 Å². The van der Waals surface area contributed by atoms with Gasteiger partial charge in [0.15, 0.2) is 0 Å². The van der Waals surface area contributed by atoms with Crippen molar-refractivity contribution in [2.45, 2.75) is 0 Å². The van der Waals surface area contributed by atoms with E-state index in [2.05, 4.69) is 0 Å². The maximum atomic E-state index is 10.7. The molecular weight excluding hydrogens is 240 g/mol. The first-order valence-corrected chi connectivity index (χ1v) is 5.93. The lowest BCUT2D eigenvalue weighted by Crippen LogP contribution is -1.97. The first-order chi connectivity index (χ1) is 9.25. The predicted molar refractivity (Wildman–Crippen MR) is 74.4 cm³/mol. The fourth-order valence-electron chi connectivity index (χ4n) is 1.59. The molecule has 0 spiro atoms. The molecule has 19 heavy (non-hydrogen) atoms. The highest BCUT2D eigenvalue weighted by molar-refractivity contribution is 5.87. The molecule has 96 valence electrons. The van der Waals surface area contributed by atoms with Gasteiger partial charge in [0.25, 0.3) is 0 Å². The van der Waals surface area contributed by atoms with Crippen LogP contribution in [0.2, 0.25) is 0 Å². The van der Waals surface area contributed by atoms with Crippen molar-refractivity contribution in [3.8, 4) is 5.75 Å². The van der Waals surface area contributed by atoms with Crippen LogP contribution >= 0.6 is 0 Å². The lowest BCUT2D eigenvalue weighted by molar-refractivity contribution is 0.0697. The molecular formula is C16H14O3. The Hall–Kier alpha value is -2.55. The van der Waals surface area contributed by atoms with Gasteiger partial charge < -0.3 is 9.84 Å². The van der Waals surface area contributed by atoms with E-state index in [1.165, 1.54) is 12.1 Å². The summed E-state index contributed by atoms with van der Waals surface area (Å²) in [4.78, 5) is 10.7. The fraction of sp³-hybridized carbons (Fsp3) is 0.0625. The Morgan fingerprint density at radius 3 is 2.37 bits per heavy atom. The maximum absolute atomic E-state index is 10.7. The molecule has 0 saturated heterocycles.